The fourth-order valence-electron chi connectivity index (χ4n) is 2.99. The van der Waals surface area contributed by atoms with Crippen molar-refractivity contribution in [1.82, 2.24) is 0 Å². The number of hydrogen-bond acceptors (Lipinski definition) is 6. The van der Waals surface area contributed by atoms with E-state index < -0.39 is 6.17 Å². The summed E-state index contributed by atoms with van der Waals surface area (Å²) < 4.78 is 0. The molecule has 2 aromatic carbocycles. The van der Waals surface area contributed by atoms with Crippen molar-refractivity contribution in [1.29, 1.82) is 0 Å². The largest absolute Gasteiger partial charge is 0.318 e. The molecule has 6 nitrogen and oxygen atoms in total. The Kier molecular flexibility index (Phi) is 3.49. The van der Waals surface area contributed by atoms with Crippen LogP contribution in [0.15, 0.2) is 75.0 Å². The van der Waals surface area contributed by atoms with Crippen molar-refractivity contribution in [3.63, 3.8) is 0 Å². The predicted octanol–water partition coefficient (Wildman–Crippen LogP) is 3.22. The summed E-state index contributed by atoms with van der Waals surface area (Å²) in [5.74, 6) is 0.467. The van der Waals surface area contributed by atoms with E-state index in [4.69, 9.17) is 0 Å². The second-order valence-corrected chi connectivity index (χ2v) is 5.72. The molecule has 0 saturated carbocycles. The Morgan fingerprint density at radius 3 is 2.58 bits per heavy atom. The zero-order chi connectivity index (χ0) is 16.5. The molecule has 0 radical (unpaired) electrons. The van der Waals surface area contributed by atoms with Gasteiger partial charge in [-0.05, 0) is 18.2 Å². The molecule has 24 heavy (non-hydrogen) atoms. The van der Waals surface area contributed by atoms with Crippen molar-refractivity contribution >= 4 is 22.9 Å². The van der Waals surface area contributed by atoms with Gasteiger partial charge in [0.15, 0.2) is 5.84 Å². The maximum atomic E-state index is 11.5. The molecule has 0 amide bonds. The summed E-state index contributed by atoms with van der Waals surface area (Å²) in [5, 5.41) is 11.5. The highest BCUT2D eigenvalue weighted by molar-refractivity contribution is 6.21. The number of benzene rings is 2. The summed E-state index contributed by atoms with van der Waals surface area (Å²) in [6, 6.07) is 17.8. The summed E-state index contributed by atoms with van der Waals surface area (Å²) >= 11 is 0. The number of fused-ring (bicyclic) bond motifs is 3. The Hall–Kier alpha value is -3.15. The molecule has 4 rings (SSSR count). The average molecular weight is 317 g/mol. The quantitative estimate of drug-likeness (QED) is 0.798. The van der Waals surface area contributed by atoms with Gasteiger partial charge in [0.25, 0.3) is 0 Å². The van der Waals surface area contributed by atoms with E-state index in [0.717, 1.165) is 28.2 Å². The molecule has 0 spiro atoms. The summed E-state index contributed by atoms with van der Waals surface area (Å²) in [6.07, 6.45) is -0.913. The number of nitroso groups, excluding NO2 is 1. The molecule has 1 atom stereocenters. The number of hydrogen-bond donors (Lipinski definition) is 0. The van der Waals surface area contributed by atoms with E-state index in [2.05, 4.69) is 20.4 Å². The Balaban J connectivity index is 1.97. The SMILES string of the molecule is CC1=NN=C2C(N=O)N=C(c3ccccc3)c3ccccc3N2C1. The third-order valence-electron chi connectivity index (χ3n) is 4.07. The Bertz CT molecular complexity index is 885. The predicted molar refractivity (Wildman–Crippen MR) is 96.0 cm³/mol. The van der Waals surface area contributed by atoms with E-state index in [-0.39, 0.29) is 0 Å². The Labute approximate surface area is 139 Å². The van der Waals surface area contributed by atoms with Crippen LogP contribution in [0.4, 0.5) is 5.69 Å². The molecule has 0 aromatic heterocycles. The van der Waals surface area contributed by atoms with Crippen LogP contribution in [0, 0.1) is 4.91 Å². The van der Waals surface area contributed by atoms with E-state index >= 15 is 0 Å². The van der Waals surface area contributed by atoms with Gasteiger partial charge in [-0.25, -0.2) is 4.99 Å². The van der Waals surface area contributed by atoms with Crippen LogP contribution in [0.3, 0.4) is 0 Å². The van der Waals surface area contributed by atoms with Crippen molar-refractivity contribution in [2.75, 3.05) is 11.4 Å². The van der Waals surface area contributed by atoms with E-state index in [1.165, 1.54) is 0 Å². The van der Waals surface area contributed by atoms with E-state index in [0.29, 0.717) is 12.4 Å². The molecule has 2 aliphatic rings. The topological polar surface area (TPSA) is 69.7 Å². The maximum Gasteiger partial charge on any atom is 0.241 e. The molecule has 0 bridgehead atoms. The second-order valence-electron chi connectivity index (χ2n) is 5.72. The first kappa shape index (κ1) is 14.4. The maximum absolute atomic E-state index is 11.5. The fraction of sp³-hybridized carbons (Fsp3) is 0.167. The minimum absolute atomic E-state index is 0.467. The molecule has 0 N–H and O–H groups in total. The van der Waals surface area contributed by atoms with Crippen LogP contribution in [-0.2, 0) is 0 Å². The third kappa shape index (κ3) is 2.32. The van der Waals surface area contributed by atoms with Gasteiger partial charge in [-0.15, -0.1) is 10.0 Å². The molecule has 2 aromatic rings. The van der Waals surface area contributed by atoms with Crippen LogP contribution in [0.1, 0.15) is 18.1 Å². The molecule has 6 heteroatoms. The monoisotopic (exact) mass is 317 g/mol. The molecule has 118 valence electrons. The third-order valence-corrected chi connectivity index (χ3v) is 4.07. The van der Waals surface area contributed by atoms with Gasteiger partial charge in [-0.2, -0.15) is 5.10 Å². The van der Waals surface area contributed by atoms with Crippen LogP contribution < -0.4 is 4.90 Å². The van der Waals surface area contributed by atoms with Crippen LogP contribution in [0.5, 0.6) is 0 Å². The normalized spacial score (nSPS) is 19.3. The van der Waals surface area contributed by atoms with Crippen molar-refractivity contribution in [3.8, 4) is 0 Å². The highest BCUT2D eigenvalue weighted by atomic mass is 16.3. The first-order valence-electron chi connectivity index (χ1n) is 7.71. The Morgan fingerprint density at radius 1 is 1.04 bits per heavy atom. The average Bonchev–Trinajstić information content (AvgIpc) is 2.77. The van der Waals surface area contributed by atoms with Gasteiger partial charge in [0.2, 0.25) is 6.17 Å². The molecule has 0 aliphatic carbocycles. The lowest BCUT2D eigenvalue weighted by Gasteiger charge is -2.28. The van der Waals surface area contributed by atoms with Crippen LogP contribution in [-0.4, -0.2) is 30.0 Å². The number of aliphatic imine (C=N–C) groups is 1. The Morgan fingerprint density at radius 2 is 1.79 bits per heavy atom. The molecule has 1 unspecified atom stereocenters. The molecule has 2 aliphatic heterocycles. The zero-order valence-corrected chi connectivity index (χ0v) is 13.1. The van der Waals surface area contributed by atoms with Gasteiger partial charge >= 0.3 is 0 Å². The van der Waals surface area contributed by atoms with Gasteiger partial charge in [0.1, 0.15) is 0 Å². The summed E-state index contributed by atoms with van der Waals surface area (Å²) in [5.41, 5.74) is 4.47. The molecule has 0 saturated heterocycles. The minimum atomic E-state index is -0.913. The molecule has 2 heterocycles. The lowest BCUT2D eigenvalue weighted by Crippen LogP contribution is -2.42. The van der Waals surface area contributed by atoms with Crippen molar-refractivity contribution in [2.24, 2.45) is 20.4 Å². The van der Waals surface area contributed by atoms with Gasteiger partial charge in [-0.3, -0.25) is 0 Å². The van der Waals surface area contributed by atoms with Gasteiger partial charge < -0.3 is 4.90 Å². The summed E-state index contributed by atoms with van der Waals surface area (Å²) in [7, 11) is 0. The number of rotatable bonds is 2. The smallest absolute Gasteiger partial charge is 0.241 e. The highest BCUT2D eigenvalue weighted by Gasteiger charge is 2.33. The summed E-state index contributed by atoms with van der Waals surface area (Å²) in [4.78, 5) is 18.1. The van der Waals surface area contributed by atoms with Crippen LogP contribution in [0.2, 0.25) is 0 Å². The minimum Gasteiger partial charge on any atom is -0.318 e. The van der Waals surface area contributed by atoms with Crippen molar-refractivity contribution in [2.45, 2.75) is 13.1 Å². The molecular formula is C18H15N5O. The number of para-hydroxylation sites is 1. The molecular weight excluding hydrogens is 302 g/mol. The number of nitrogens with zero attached hydrogens (tertiary/aromatic N) is 5. The standard InChI is InChI=1S/C18H15N5O/c1-12-11-23-15-10-6-5-9-14(15)16(13-7-3-2-4-8-13)19-17(22-24)18(23)21-20-12/h2-10,17H,11H2,1H3. The first-order valence-corrected chi connectivity index (χ1v) is 7.71. The van der Waals surface area contributed by atoms with Crippen molar-refractivity contribution in [3.05, 3.63) is 70.6 Å². The van der Waals surface area contributed by atoms with Crippen molar-refractivity contribution < 1.29 is 0 Å². The van der Waals surface area contributed by atoms with Gasteiger partial charge in [0.05, 0.1) is 23.7 Å². The number of anilines is 1. The number of amidine groups is 1. The lowest BCUT2D eigenvalue weighted by molar-refractivity contribution is 0.868. The van der Waals surface area contributed by atoms with Gasteiger partial charge in [0, 0.05) is 11.1 Å². The fourth-order valence-corrected chi connectivity index (χ4v) is 2.99. The van der Waals surface area contributed by atoms with Crippen LogP contribution in [0.25, 0.3) is 0 Å². The van der Waals surface area contributed by atoms with Gasteiger partial charge in [-0.1, -0.05) is 48.5 Å². The lowest BCUT2D eigenvalue weighted by atomic mass is 10.00. The summed E-state index contributed by atoms with van der Waals surface area (Å²) in [6.45, 7) is 2.48. The molecule has 0 fully saturated rings. The first-order chi connectivity index (χ1) is 11.8. The van der Waals surface area contributed by atoms with E-state index in [1.54, 1.807) is 0 Å². The zero-order valence-electron chi connectivity index (χ0n) is 13.1. The second kappa shape index (κ2) is 5.81. The highest BCUT2D eigenvalue weighted by Crippen LogP contribution is 2.30. The van der Waals surface area contributed by atoms with Crippen LogP contribution >= 0.6 is 0 Å². The van der Waals surface area contributed by atoms with E-state index in [1.807, 2.05) is 66.4 Å². The van der Waals surface area contributed by atoms with E-state index in [9.17, 15) is 4.91 Å².